The third-order valence-corrected chi connectivity index (χ3v) is 8.33. The summed E-state index contributed by atoms with van der Waals surface area (Å²) in [5.74, 6) is 0.683. The van der Waals surface area contributed by atoms with Gasteiger partial charge in [0, 0.05) is 45.4 Å². The molecule has 0 aliphatic carbocycles. The molecule has 1 fully saturated rings. The van der Waals surface area contributed by atoms with Crippen molar-refractivity contribution in [2.24, 2.45) is 0 Å². The topological polar surface area (TPSA) is 67.2 Å². The van der Waals surface area contributed by atoms with Gasteiger partial charge in [0.2, 0.25) is 0 Å². The van der Waals surface area contributed by atoms with E-state index in [9.17, 15) is 9.59 Å². The second-order valence-corrected chi connectivity index (χ2v) is 11.0. The summed E-state index contributed by atoms with van der Waals surface area (Å²) in [5.41, 5.74) is 1.43. The van der Waals surface area contributed by atoms with Crippen molar-refractivity contribution < 1.29 is 14.3 Å². The van der Waals surface area contributed by atoms with Crippen molar-refractivity contribution in [1.29, 1.82) is 0 Å². The molecule has 1 atom stereocenters. The number of rotatable bonds is 10. The summed E-state index contributed by atoms with van der Waals surface area (Å²) in [4.78, 5) is 29.3. The second kappa shape index (κ2) is 13.5. The highest BCUT2D eigenvalue weighted by atomic mass is 35.5. The van der Waals surface area contributed by atoms with Crippen molar-refractivity contribution in [1.82, 2.24) is 14.1 Å². The van der Waals surface area contributed by atoms with E-state index in [1.165, 1.54) is 15.3 Å². The Hall–Kier alpha value is -2.51. The number of anilines is 1. The number of hydrogen-bond donors (Lipinski definition) is 0. The predicted molar refractivity (Wildman–Crippen MR) is 157 cm³/mol. The Labute approximate surface area is 234 Å². The molecule has 3 aromatic rings. The highest BCUT2D eigenvalue weighted by Crippen LogP contribution is 2.33. The summed E-state index contributed by atoms with van der Waals surface area (Å²) in [6, 6.07) is 14.6. The summed E-state index contributed by atoms with van der Waals surface area (Å²) in [5, 5.41) is 2.08. The van der Waals surface area contributed by atoms with Crippen molar-refractivity contribution in [3.05, 3.63) is 68.9 Å². The minimum absolute atomic E-state index is 0.149. The van der Waals surface area contributed by atoms with Crippen LogP contribution < -0.4 is 15.2 Å². The van der Waals surface area contributed by atoms with E-state index in [0.717, 1.165) is 56.6 Å². The summed E-state index contributed by atoms with van der Waals surface area (Å²) in [7, 11) is 1.95. The maximum atomic E-state index is 12.5. The fraction of sp³-hybridized carbons (Fsp3) is 0.407. The second-order valence-electron chi connectivity index (χ2n) is 9.10. The molecule has 204 valence electrons. The van der Waals surface area contributed by atoms with Crippen LogP contribution in [0.25, 0.3) is 10.9 Å². The fourth-order valence-electron chi connectivity index (χ4n) is 4.38. The number of piperazine rings is 1. The first-order valence-electron chi connectivity index (χ1n) is 12.6. The van der Waals surface area contributed by atoms with E-state index in [4.69, 9.17) is 32.7 Å². The highest BCUT2D eigenvalue weighted by Gasteiger charge is 2.19. The summed E-state index contributed by atoms with van der Waals surface area (Å²) >= 11 is 12.6. The Morgan fingerprint density at radius 1 is 1.05 bits per heavy atom. The number of hydrogen-bond acceptors (Lipinski definition) is 6. The van der Waals surface area contributed by atoms with Gasteiger partial charge in [-0.15, -0.1) is 0 Å². The number of unbranched alkanes of at least 4 members (excludes halogenated alkanes) is 1. The van der Waals surface area contributed by atoms with E-state index in [-0.39, 0.29) is 21.0 Å². The molecule has 1 amide bonds. The van der Waals surface area contributed by atoms with Crippen LogP contribution >= 0.6 is 31.9 Å². The molecular weight excluding hydrogens is 546 g/mol. The molecule has 1 aromatic heterocycles. The van der Waals surface area contributed by atoms with Crippen molar-refractivity contribution >= 4 is 54.6 Å². The van der Waals surface area contributed by atoms with Crippen LogP contribution in [0.3, 0.4) is 0 Å². The third kappa shape index (κ3) is 7.11. The van der Waals surface area contributed by atoms with Gasteiger partial charge in [0.1, 0.15) is 5.75 Å². The number of nitrogens with zero attached hydrogens (tertiary/aromatic N) is 4. The largest absolute Gasteiger partial charge is 0.494 e. The SMILES string of the molecule is CPN(C)C(=O)OCn1c(=O)ccc2ccc(OCCCCN3CCN(c4cccc(Cl)c4Cl)CC3)cc21. The maximum Gasteiger partial charge on any atom is 0.414 e. The Kier molecular flexibility index (Phi) is 10.1. The lowest BCUT2D eigenvalue weighted by Gasteiger charge is -2.36. The first-order valence-corrected chi connectivity index (χ1v) is 14.8. The molecule has 0 spiro atoms. The van der Waals surface area contributed by atoms with E-state index in [1.807, 2.05) is 43.1 Å². The molecular formula is C27H33Cl2N4O4P. The van der Waals surface area contributed by atoms with E-state index < -0.39 is 6.09 Å². The first-order chi connectivity index (χ1) is 18.4. The minimum atomic E-state index is -0.461. The molecule has 8 nitrogen and oxygen atoms in total. The molecule has 0 radical (unpaired) electrons. The average Bonchev–Trinajstić information content (AvgIpc) is 2.93. The number of benzene rings is 2. The van der Waals surface area contributed by atoms with E-state index in [1.54, 1.807) is 13.1 Å². The van der Waals surface area contributed by atoms with Gasteiger partial charge in [0.15, 0.2) is 6.73 Å². The molecule has 2 aromatic carbocycles. The molecule has 0 N–H and O–H groups in total. The van der Waals surface area contributed by atoms with Gasteiger partial charge in [0.05, 0.1) is 27.9 Å². The van der Waals surface area contributed by atoms with Crippen LogP contribution in [0.5, 0.6) is 5.75 Å². The smallest absolute Gasteiger partial charge is 0.414 e. The number of carbonyl (C=O) groups excluding carboxylic acids is 1. The number of fused-ring (bicyclic) bond motifs is 1. The molecule has 11 heteroatoms. The zero-order valence-electron chi connectivity index (χ0n) is 21.7. The molecule has 1 saturated heterocycles. The third-order valence-electron chi connectivity index (χ3n) is 6.67. The molecule has 1 aliphatic rings. The van der Waals surface area contributed by atoms with E-state index >= 15 is 0 Å². The zero-order chi connectivity index (χ0) is 27.1. The summed E-state index contributed by atoms with van der Waals surface area (Å²) < 4.78 is 14.2. The lowest BCUT2D eigenvalue weighted by Crippen LogP contribution is -2.46. The van der Waals surface area contributed by atoms with Gasteiger partial charge < -0.3 is 14.4 Å². The quantitative estimate of drug-likeness (QED) is 0.232. The highest BCUT2D eigenvalue weighted by molar-refractivity contribution is 7.35. The van der Waals surface area contributed by atoms with Gasteiger partial charge in [-0.05, 0) is 70.5 Å². The van der Waals surface area contributed by atoms with Crippen molar-refractivity contribution in [2.45, 2.75) is 19.6 Å². The Balaban J connectivity index is 1.24. The Bertz CT molecular complexity index is 1310. The Morgan fingerprint density at radius 3 is 2.58 bits per heavy atom. The van der Waals surface area contributed by atoms with Crippen LogP contribution in [0.15, 0.2) is 53.3 Å². The summed E-state index contributed by atoms with van der Waals surface area (Å²) in [6.07, 6.45) is 1.48. The van der Waals surface area contributed by atoms with Gasteiger partial charge in [-0.25, -0.2) is 4.79 Å². The van der Waals surface area contributed by atoms with Gasteiger partial charge >= 0.3 is 6.09 Å². The van der Waals surface area contributed by atoms with Crippen LogP contribution in [0, 0.1) is 0 Å². The molecule has 0 saturated carbocycles. The molecule has 1 unspecified atom stereocenters. The van der Waals surface area contributed by atoms with Crippen LogP contribution in [0.1, 0.15) is 12.8 Å². The number of amides is 1. The first kappa shape index (κ1) is 28.5. The number of carbonyl (C=O) groups is 1. The van der Waals surface area contributed by atoms with Crippen molar-refractivity contribution in [2.75, 3.05) is 57.9 Å². The van der Waals surface area contributed by atoms with Crippen LogP contribution in [0.2, 0.25) is 10.0 Å². The average molecular weight is 579 g/mol. The maximum absolute atomic E-state index is 12.5. The summed E-state index contributed by atoms with van der Waals surface area (Å²) in [6.45, 7) is 7.11. The van der Waals surface area contributed by atoms with Crippen molar-refractivity contribution in [3.63, 3.8) is 0 Å². The van der Waals surface area contributed by atoms with Crippen LogP contribution in [0.4, 0.5) is 10.5 Å². The lowest BCUT2D eigenvalue weighted by atomic mass is 10.2. The van der Waals surface area contributed by atoms with Gasteiger partial charge in [-0.2, -0.15) is 0 Å². The normalized spacial score (nSPS) is 14.4. The van der Waals surface area contributed by atoms with Crippen LogP contribution in [-0.4, -0.2) is 73.3 Å². The molecule has 2 heterocycles. The number of halogens is 2. The van der Waals surface area contributed by atoms with Crippen LogP contribution in [-0.2, 0) is 11.5 Å². The van der Waals surface area contributed by atoms with Gasteiger partial charge in [0.25, 0.3) is 5.56 Å². The zero-order valence-corrected chi connectivity index (χ0v) is 24.2. The standard InChI is InChI=1S/C27H33Cl2N4O4P/c1-30(38-2)27(35)37-19-33-24-18-21(10-8-20(24)9-11-25(33)34)36-17-4-3-12-31-13-15-32(16-14-31)23-7-5-6-22(28)26(23)29/h5-11,18,38H,3-4,12-17,19H2,1-2H3. The van der Waals surface area contributed by atoms with Gasteiger partial charge in [-0.1, -0.05) is 29.3 Å². The molecule has 38 heavy (non-hydrogen) atoms. The Morgan fingerprint density at radius 2 is 1.82 bits per heavy atom. The van der Waals surface area contributed by atoms with Gasteiger partial charge in [-0.3, -0.25) is 18.9 Å². The number of aromatic nitrogens is 1. The predicted octanol–water partition coefficient (Wildman–Crippen LogP) is 5.54. The van der Waals surface area contributed by atoms with Crippen molar-refractivity contribution in [3.8, 4) is 5.75 Å². The number of pyridine rings is 1. The fourth-order valence-corrected chi connectivity index (χ4v) is 5.04. The number of ether oxygens (including phenoxy) is 2. The van der Waals surface area contributed by atoms with E-state index in [2.05, 4.69) is 9.80 Å². The molecule has 0 bridgehead atoms. The minimum Gasteiger partial charge on any atom is -0.494 e. The molecule has 4 rings (SSSR count). The molecule has 1 aliphatic heterocycles. The lowest BCUT2D eigenvalue weighted by molar-refractivity contribution is 0.101. The monoisotopic (exact) mass is 578 g/mol. The van der Waals surface area contributed by atoms with E-state index in [0.29, 0.717) is 27.9 Å².